The average molecular weight is 272 g/mol. The zero-order valence-electron chi connectivity index (χ0n) is 13.0. The van der Waals surface area contributed by atoms with Crippen LogP contribution in [0, 0.1) is 5.92 Å². The standard InChI is InChI=1S/C18H28N2/c1-14(2)9-11-20(17-6-7-17)13-15-5-8-18-16(12-15)4-3-10-19-18/h5,8,12,14,17,19H,3-4,6-7,9-11,13H2,1-2H3. The molecule has 0 unspecified atom stereocenters. The van der Waals surface area contributed by atoms with Crippen molar-refractivity contribution in [3.8, 4) is 0 Å². The van der Waals surface area contributed by atoms with Crippen LogP contribution in [-0.2, 0) is 13.0 Å². The minimum atomic E-state index is 0.809. The third kappa shape index (κ3) is 3.54. The van der Waals surface area contributed by atoms with E-state index < -0.39 is 0 Å². The van der Waals surface area contributed by atoms with Crippen molar-refractivity contribution in [2.24, 2.45) is 5.92 Å². The Labute approximate surface area is 123 Å². The number of fused-ring (bicyclic) bond motifs is 1. The van der Waals surface area contributed by atoms with Crippen molar-refractivity contribution >= 4 is 5.69 Å². The predicted octanol–water partition coefficient (Wildman–Crippen LogP) is 4.06. The largest absolute Gasteiger partial charge is 0.385 e. The second-order valence-electron chi connectivity index (χ2n) is 6.91. The molecule has 2 nitrogen and oxygen atoms in total. The molecule has 0 bridgehead atoms. The van der Waals surface area contributed by atoms with Gasteiger partial charge in [-0.15, -0.1) is 0 Å². The summed E-state index contributed by atoms with van der Waals surface area (Å²) in [4.78, 5) is 2.71. The lowest BCUT2D eigenvalue weighted by atomic mass is 10.0. The first-order chi connectivity index (χ1) is 9.72. The lowest BCUT2D eigenvalue weighted by Crippen LogP contribution is -2.27. The van der Waals surface area contributed by atoms with Gasteiger partial charge < -0.3 is 5.32 Å². The summed E-state index contributed by atoms with van der Waals surface area (Å²) in [5.41, 5.74) is 4.39. The van der Waals surface area contributed by atoms with E-state index in [9.17, 15) is 0 Å². The van der Waals surface area contributed by atoms with E-state index in [1.54, 1.807) is 0 Å². The topological polar surface area (TPSA) is 15.3 Å². The Morgan fingerprint density at radius 2 is 2.15 bits per heavy atom. The Balaban J connectivity index is 1.65. The van der Waals surface area contributed by atoms with E-state index in [-0.39, 0.29) is 0 Å². The van der Waals surface area contributed by atoms with Crippen LogP contribution in [0.4, 0.5) is 5.69 Å². The van der Waals surface area contributed by atoms with Crippen LogP contribution in [0.2, 0.25) is 0 Å². The van der Waals surface area contributed by atoms with Gasteiger partial charge in [0.05, 0.1) is 0 Å². The molecule has 0 aromatic heterocycles. The zero-order valence-corrected chi connectivity index (χ0v) is 13.0. The van der Waals surface area contributed by atoms with Gasteiger partial charge in [-0.25, -0.2) is 0 Å². The zero-order chi connectivity index (χ0) is 13.9. The highest BCUT2D eigenvalue weighted by atomic mass is 15.2. The summed E-state index contributed by atoms with van der Waals surface area (Å²) in [6.45, 7) is 8.20. The molecule has 20 heavy (non-hydrogen) atoms. The molecule has 110 valence electrons. The van der Waals surface area contributed by atoms with Gasteiger partial charge >= 0.3 is 0 Å². The maximum Gasteiger partial charge on any atom is 0.0372 e. The maximum atomic E-state index is 3.50. The Bertz CT molecular complexity index is 449. The quantitative estimate of drug-likeness (QED) is 0.840. The molecular weight excluding hydrogens is 244 g/mol. The van der Waals surface area contributed by atoms with Gasteiger partial charge in [0.1, 0.15) is 0 Å². The molecule has 1 aromatic carbocycles. The van der Waals surface area contributed by atoms with Crippen LogP contribution >= 0.6 is 0 Å². The van der Waals surface area contributed by atoms with Gasteiger partial charge in [-0.05, 0) is 61.8 Å². The molecule has 2 aliphatic rings. The molecule has 0 radical (unpaired) electrons. The first kappa shape index (κ1) is 13.9. The number of hydrogen-bond donors (Lipinski definition) is 1. The third-order valence-corrected chi connectivity index (χ3v) is 4.55. The molecule has 1 aliphatic carbocycles. The molecule has 1 N–H and O–H groups in total. The van der Waals surface area contributed by atoms with E-state index >= 15 is 0 Å². The number of nitrogens with zero attached hydrogens (tertiary/aromatic N) is 1. The summed E-state index contributed by atoms with van der Waals surface area (Å²) in [6, 6.07) is 7.91. The number of rotatable bonds is 6. The van der Waals surface area contributed by atoms with Crippen molar-refractivity contribution in [2.45, 2.75) is 58.5 Å². The second kappa shape index (κ2) is 6.17. The second-order valence-corrected chi connectivity index (χ2v) is 6.91. The minimum absolute atomic E-state index is 0.809. The molecule has 1 saturated carbocycles. The van der Waals surface area contributed by atoms with E-state index in [1.165, 1.54) is 55.5 Å². The van der Waals surface area contributed by atoms with Gasteiger partial charge in [0.25, 0.3) is 0 Å². The van der Waals surface area contributed by atoms with Gasteiger partial charge in [0.2, 0.25) is 0 Å². The fourth-order valence-corrected chi connectivity index (χ4v) is 3.12. The lowest BCUT2D eigenvalue weighted by Gasteiger charge is -2.24. The van der Waals surface area contributed by atoms with Crippen LogP contribution in [-0.4, -0.2) is 24.0 Å². The van der Waals surface area contributed by atoms with Crippen molar-refractivity contribution in [3.63, 3.8) is 0 Å². The number of benzene rings is 1. The summed E-state index contributed by atoms with van der Waals surface area (Å²) in [5, 5.41) is 3.50. The maximum absolute atomic E-state index is 3.50. The van der Waals surface area contributed by atoms with Crippen LogP contribution < -0.4 is 5.32 Å². The molecule has 0 amide bonds. The Kier molecular flexibility index (Phi) is 4.30. The van der Waals surface area contributed by atoms with Gasteiger partial charge in [-0.3, -0.25) is 4.90 Å². The smallest absolute Gasteiger partial charge is 0.0372 e. The summed E-state index contributed by atoms with van der Waals surface area (Å²) >= 11 is 0. The van der Waals surface area contributed by atoms with Crippen molar-refractivity contribution in [3.05, 3.63) is 29.3 Å². The van der Waals surface area contributed by atoms with Crippen LogP contribution in [0.3, 0.4) is 0 Å². The fourth-order valence-electron chi connectivity index (χ4n) is 3.12. The van der Waals surface area contributed by atoms with Crippen LogP contribution in [0.25, 0.3) is 0 Å². The van der Waals surface area contributed by atoms with E-state index in [0.29, 0.717) is 0 Å². The first-order valence-corrected chi connectivity index (χ1v) is 8.32. The van der Waals surface area contributed by atoms with Gasteiger partial charge in [0.15, 0.2) is 0 Å². The monoisotopic (exact) mass is 272 g/mol. The van der Waals surface area contributed by atoms with Crippen molar-refractivity contribution in [2.75, 3.05) is 18.4 Å². The molecule has 0 spiro atoms. The molecular formula is C18H28N2. The number of anilines is 1. The summed E-state index contributed by atoms with van der Waals surface area (Å²) < 4.78 is 0. The fraction of sp³-hybridized carbons (Fsp3) is 0.667. The number of aryl methyl sites for hydroxylation is 1. The van der Waals surface area contributed by atoms with E-state index in [4.69, 9.17) is 0 Å². The number of nitrogens with one attached hydrogen (secondary N) is 1. The normalized spacial score (nSPS) is 18.2. The SMILES string of the molecule is CC(C)CCN(Cc1ccc2c(c1)CCCN2)C1CC1. The molecule has 2 heteroatoms. The number of hydrogen-bond acceptors (Lipinski definition) is 2. The predicted molar refractivity (Wildman–Crippen MR) is 86.1 cm³/mol. The highest BCUT2D eigenvalue weighted by Crippen LogP contribution is 2.30. The summed E-state index contributed by atoms with van der Waals surface area (Å²) in [5.74, 6) is 0.809. The third-order valence-electron chi connectivity index (χ3n) is 4.55. The molecule has 0 saturated heterocycles. The molecule has 3 rings (SSSR count). The van der Waals surface area contributed by atoms with Crippen LogP contribution in [0.15, 0.2) is 18.2 Å². The van der Waals surface area contributed by atoms with Crippen molar-refractivity contribution in [1.82, 2.24) is 4.90 Å². The molecule has 1 aromatic rings. The molecule has 1 aliphatic heterocycles. The molecule has 0 atom stereocenters. The Morgan fingerprint density at radius 1 is 1.30 bits per heavy atom. The van der Waals surface area contributed by atoms with Crippen LogP contribution in [0.5, 0.6) is 0 Å². The molecule has 1 heterocycles. The summed E-state index contributed by atoms with van der Waals surface area (Å²) in [6.07, 6.45) is 6.65. The molecule has 1 fully saturated rings. The van der Waals surface area contributed by atoms with Crippen LogP contribution in [0.1, 0.15) is 50.7 Å². The first-order valence-electron chi connectivity index (χ1n) is 8.32. The van der Waals surface area contributed by atoms with Crippen molar-refractivity contribution in [1.29, 1.82) is 0 Å². The highest BCUT2D eigenvalue weighted by Gasteiger charge is 2.28. The summed E-state index contributed by atoms with van der Waals surface area (Å²) in [7, 11) is 0. The van der Waals surface area contributed by atoms with E-state index in [1.807, 2.05) is 0 Å². The minimum Gasteiger partial charge on any atom is -0.385 e. The van der Waals surface area contributed by atoms with Gasteiger partial charge in [-0.2, -0.15) is 0 Å². The lowest BCUT2D eigenvalue weighted by molar-refractivity contribution is 0.239. The van der Waals surface area contributed by atoms with E-state index in [2.05, 4.69) is 42.3 Å². The van der Waals surface area contributed by atoms with Crippen molar-refractivity contribution < 1.29 is 0 Å². The van der Waals surface area contributed by atoms with Gasteiger partial charge in [-0.1, -0.05) is 26.0 Å². The van der Waals surface area contributed by atoms with E-state index in [0.717, 1.165) is 25.0 Å². The highest BCUT2D eigenvalue weighted by molar-refractivity contribution is 5.54. The Morgan fingerprint density at radius 3 is 2.90 bits per heavy atom. The average Bonchev–Trinajstić information content (AvgIpc) is 3.27. The Hall–Kier alpha value is -1.02. The van der Waals surface area contributed by atoms with Gasteiger partial charge in [0, 0.05) is 24.8 Å².